The average Bonchev–Trinajstić information content (AvgIpc) is 3.40. The van der Waals surface area contributed by atoms with Crippen molar-refractivity contribution in [1.29, 1.82) is 0 Å². The summed E-state index contributed by atoms with van der Waals surface area (Å²) in [5, 5.41) is 8.79. The number of nitrogens with zero attached hydrogens (tertiary/aromatic N) is 3. The molecule has 4 aromatic rings. The van der Waals surface area contributed by atoms with E-state index in [1.54, 1.807) is 6.20 Å². The Hall–Kier alpha value is -3.32. The van der Waals surface area contributed by atoms with Crippen molar-refractivity contribution in [2.24, 2.45) is 0 Å². The number of carbonyl (C=O) groups is 1. The highest BCUT2D eigenvalue weighted by molar-refractivity contribution is 7.03. The number of nitrogens with one attached hydrogen (secondary N) is 1. The molecule has 0 fully saturated rings. The third-order valence-electron chi connectivity index (χ3n) is 4.00. The van der Waals surface area contributed by atoms with Gasteiger partial charge in [0.2, 0.25) is 5.91 Å². The molecule has 0 aliphatic carbocycles. The van der Waals surface area contributed by atoms with E-state index in [4.69, 9.17) is 4.42 Å². The largest absolute Gasteiger partial charge is 0.441 e. The molecule has 0 saturated heterocycles. The monoisotopic (exact) mass is 376 g/mol. The van der Waals surface area contributed by atoms with Crippen LogP contribution in [0.4, 0.5) is 5.69 Å². The van der Waals surface area contributed by atoms with Crippen LogP contribution in [0.1, 0.15) is 12.3 Å². The Balaban J connectivity index is 1.32. The molecule has 1 N–H and O–H groups in total. The summed E-state index contributed by atoms with van der Waals surface area (Å²) in [7, 11) is 0. The van der Waals surface area contributed by atoms with Crippen molar-refractivity contribution < 1.29 is 9.21 Å². The van der Waals surface area contributed by atoms with E-state index in [-0.39, 0.29) is 5.91 Å². The molecule has 0 saturated carbocycles. The smallest absolute Gasteiger partial charge is 0.224 e. The Labute approximate surface area is 160 Å². The molecule has 134 valence electrons. The van der Waals surface area contributed by atoms with Gasteiger partial charge in [-0.1, -0.05) is 47.0 Å². The SMILES string of the molecule is O=C(CCc1ncc(-c2ccccc2)o1)Nc1ccc(-c2csnn2)cc1. The predicted octanol–water partition coefficient (Wildman–Crippen LogP) is 4.43. The van der Waals surface area contributed by atoms with Crippen molar-refractivity contribution in [1.82, 2.24) is 14.6 Å². The van der Waals surface area contributed by atoms with Gasteiger partial charge in [-0.15, -0.1) is 5.10 Å². The Morgan fingerprint density at radius 2 is 1.85 bits per heavy atom. The summed E-state index contributed by atoms with van der Waals surface area (Å²) in [6, 6.07) is 17.3. The molecule has 6 nitrogen and oxygen atoms in total. The average molecular weight is 376 g/mol. The highest BCUT2D eigenvalue weighted by Crippen LogP contribution is 2.21. The lowest BCUT2D eigenvalue weighted by Crippen LogP contribution is -2.12. The van der Waals surface area contributed by atoms with Crippen LogP contribution in [0.5, 0.6) is 0 Å². The maximum Gasteiger partial charge on any atom is 0.224 e. The lowest BCUT2D eigenvalue weighted by atomic mass is 10.1. The van der Waals surface area contributed by atoms with Gasteiger partial charge in [-0.3, -0.25) is 4.79 Å². The summed E-state index contributed by atoms with van der Waals surface area (Å²) in [5.41, 5.74) is 3.51. The minimum atomic E-state index is -0.0856. The predicted molar refractivity (Wildman–Crippen MR) is 104 cm³/mol. The molecular formula is C20H16N4O2S. The fraction of sp³-hybridized carbons (Fsp3) is 0.100. The number of aryl methyl sites for hydroxylation is 1. The van der Waals surface area contributed by atoms with Crippen molar-refractivity contribution in [3.63, 3.8) is 0 Å². The van der Waals surface area contributed by atoms with Crippen molar-refractivity contribution in [3.05, 3.63) is 72.1 Å². The van der Waals surface area contributed by atoms with Gasteiger partial charge >= 0.3 is 0 Å². The van der Waals surface area contributed by atoms with Gasteiger partial charge in [0, 0.05) is 35.0 Å². The number of carbonyl (C=O) groups excluding carboxylic acids is 1. The van der Waals surface area contributed by atoms with Crippen molar-refractivity contribution >= 4 is 23.1 Å². The Morgan fingerprint density at radius 3 is 2.59 bits per heavy atom. The molecule has 7 heteroatoms. The first-order chi connectivity index (χ1) is 13.3. The highest BCUT2D eigenvalue weighted by Gasteiger charge is 2.09. The van der Waals surface area contributed by atoms with E-state index in [2.05, 4.69) is 19.9 Å². The minimum Gasteiger partial charge on any atom is -0.441 e. The second kappa shape index (κ2) is 7.92. The van der Waals surface area contributed by atoms with Crippen LogP contribution in [0.3, 0.4) is 0 Å². The maximum absolute atomic E-state index is 12.2. The van der Waals surface area contributed by atoms with Crippen LogP contribution in [0.25, 0.3) is 22.6 Å². The summed E-state index contributed by atoms with van der Waals surface area (Å²) < 4.78 is 9.58. The minimum absolute atomic E-state index is 0.0856. The topological polar surface area (TPSA) is 80.9 Å². The molecule has 2 aromatic carbocycles. The van der Waals surface area contributed by atoms with Gasteiger partial charge in [-0.2, -0.15) is 0 Å². The Bertz CT molecular complexity index is 1010. The van der Waals surface area contributed by atoms with Crippen LogP contribution in [-0.4, -0.2) is 20.5 Å². The summed E-state index contributed by atoms with van der Waals surface area (Å²) in [4.78, 5) is 16.4. The van der Waals surface area contributed by atoms with Crippen LogP contribution in [0.15, 0.2) is 70.6 Å². The van der Waals surface area contributed by atoms with Crippen LogP contribution in [0, 0.1) is 0 Å². The molecule has 0 radical (unpaired) electrons. The Morgan fingerprint density at radius 1 is 1.04 bits per heavy atom. The molecule has 0 aliphatic heterocycles. The van der Waals surface area contributed by atoms with Crippen LogP contribution in [-0.2, 0) is 11.2 Å². The molecule has 2 heterocycles. The molecule has 2 aromatic heterocycles. The van der Waals surface area contributed by atoms with Crippen molar-refractivity contribution in [2.75, 3.05) is 5.32 Å². The van der Waals surface area contributed by atoms with Crippen molar-refractivity contribution in [3.8, 4) is 22.6 Å². The summed E-state index contributed by atoms with van der Waals surface area (Å²) in [5.74, 6) is 1.17. The van der Waals surface area contributed by atoms with E-state index >= 15 is 0 Å². The number of amides is 1. The van der Waals surface area contributed by atoms with Crippen LogP contribution in [0.2, 0.25) is 0 Å². The molecular weight excluding hydrogens is 360 g/mol. The van der Waals surface area contributed by atoms with E-state index in [1.165, 1.54) is 11.5 Å². The number of rotatable bonds is 6. The zero-order chi connectivity index (χ0) is 18.5. The fourth-order valence-corrected chi connectivity index (χ4v) is 3.09. The Kier molecular flexibility index (Phi) is 5.02. The summed E-state index contributed by atoms with van der Waals surface area (Å²) in [6.45, 7) is 0. The number of oxazole rings is 1. The second-order valence-electron chi connectivity index (χ2n) is 5.90. The zero-order valence-electron chi connectivity index (χ0n) is 14.3. The number of benzene rings is 2. The molecule has 1 amide bonds. The third-order valence-corrected chi connectivity index (χ3v) is 4.51. The summed E-state index contributed by atoms with van der Waals surface area (Å²) in [6.07, 6.45) is 2.43. The van der Waals surface area contributed by atoms with E-state index in [0.717, 1.165) is 22.5 Å². The van der Waals surface area contributed by atoms with Gasteiger partial charge in [0.25, 0.3) is 0 Å². The highest BCUT2D eigenvalue weighted by atomic mass is 32.1. The van der Waals surface area contributed by atoms with E-state index < -0.39 is 0 Å². The normalized spacial score (nSPS) is 10.7. The summed E-state index contributed by atoms with van der Waals surface area (Å²) >= 11 is 1.31. The number of hydrogen-bond donors (Lipinski definition) is 1. The van der Waals surface area contributed by atoms with Gasteiger partial charge < -0.3 is 9.73 Å². The lowest BCUT2D eigenvalue weighted by Gasteiger charge is -2.05. The van der Waals surface area contributed by atoms with Gasteiger partial charge in [0.1, 0.15) is 5.69 Å². The van der Waals surface area contributed by atoms with Gasteiger partial charge in [-0.25, -0.2) is 4.98 Å². The van der Waals surface area contributed by atoms with E-state index in [1.807, 2.05) is 60.0 Å². The van der Waals surface area contributed by atoms with E-state index in [0.29, 0.717) is 24.5 Å². The van der Waals surface area contributed by atoms with Crippen molar-refractivity contribution in [2.45, 2.75) is 12.8 Å². The molecule has 0 bridgehead atoms. The first kappa shape index (κ1) is 17.1. The maximum atomic E-state index is 12.2. The number of aromatic nitrogens is 3. The fourth-order valence-electron chi connectivity index (χ4n) is 2.62. The molecule has 0 aliphatic rings. The molecule has 4 rings (SSSR count). The van der Waals surface area contributed by atoms with Gasteiger partial charge in [0.05, 0.1) is 6.20 Å². The lowest BCUT2D eigenvalue weighted by molar-refractivity contribution is -0.116. The molecule has 0 atom stereocenters. The first-order valence-corrected chi connectivity index (χ1v) is 9.29. The molecule has 27 heavy (non-hydrogen) atoms. The third kappa shape index (κ3) is 4.27. The van der Waals surface area contributed by atoms with E-state index in [9.17, 15) is 4.79 Å². The zero-order valence-corrected chi connectivity index (χ0v) is 15.1. The van der Waals surface area contributed by atoms with Crippen LogP contribution >= 0.6 is 11.5 Å². The molecule has 0 unspecified atom stereocenters. The number of hydrogen-bond acceptors (Lipinski definition) is 6. The standard InChI is InChI=1S/C20H16N4O2S/c25-19(22-16-8-6-14(7-9-16)17-13-27-24-23-17)10-11-20-21-12-18(26-20)15-4-2-1-3-5-15/h1-9,12-13H,10-11H2,(H,22,25). The van der Waals surface area contributed by atoms with Gasteiger partial charge in [0.15, 0.2) is 11.7 Å². The quantitative estimate of drug-likeness (QED) is 0.538. The first-order valence-electron chi connectivity index (χ1n) is 8.45. The number of anilines is 1. The second-order valence-corrected chi connectivity index (χ2v) is 6.51. The van der Waals surface area contributed by atoms with Crippen LogP contribution < -0.4 is 5.32 Å². The molecule has 0 spiro atoms. The van der Waals surface area contributed by atoms with Gasteiger partial charge in [-0.05, 0) is 23.7 Å².